The number of benzene rings is 1. The average molecular weight is 317 g/mol. The van der Waals surface area contributed by atoms with Gasteiger partial charge < -0.3 is 10.2 Å². The summed E-state index contributed by atoms with van der Waals surface area (Å²) in [5, 5.41) is 3.99. The number of carbonyl (C=O) groups excluding carboxylic acids is 1. The maximum atomic E-state index is 12.6. The lowest BCUT2D eigenvalue weighted by Crippen LogP contribution is -2.51. The van der Waals surface area contributed by atoms with Crippen LogP contribution in [0.15, 0.2) is 24.3 Å². The van der Waals surface area contributed by atoms with Crippen molar-refractivity contribution >= 4 is 29.9 Å². The predicted molar refractivity (Wildman–Crippen MR) is 85.6 cm³/mol. The highest BCUT2D eigenvalue weighted by Crippen LogP contribution is 2.26. The molecular formula is C15H22Cl2N2O. The molecule has 1 fully saturated rings. The van der Waals surface area contributed by atoms with Crippen LogP contribution in [0.4, 0.5) is 0 Å². The molecule has 2 rings (SSSR count). The van der Waals surface area contributed by atoms with Crippen molar-refractivity contribution in [3.8, 4) is 0 Å². The van der Waals surface area contributed by atoms with Crippen LogP contribution >= 0.6 is 24.0 Å². The number of piperazine rings is 1. The molecule has 0 aliphatic carbocycles. The molecule has 5 heteroatoms. The molecule has 1 saturated heterocycles. The van der Waals surface area contributed by atoms with Crippen molar-refractivity contribution in [2.75, 3.05) is 26.2 Å². The van der Waals surface area contributed by atoms with Crippen LogP contribution in [0.2, 0.25) is 5.02 Å². The van der Waals surface area contributed by atoms with Gasteiger partial charge >= 0.3 is 0 Å². The van der Waals surface area contributed by atoms with E-state index in [1.165, 1.54) is 0 Å². The second-order valence-corrected chi connectivity index (χ2v) is 6.17. The summed E-state index contributed by atoms with van der Waals surface area (Å²) in [6.07, 6.45) is 0.719. The lowest BCUT2D eigenvalue weighted by Gasteiger charge is -2.34. The van der Waals surface area contributed by atoms with Gasteiger partial charge in [0.1, 0.15) is 0 Å². The van der Waals surface area contributed by atoms with E-state index in [1.54, 1.807) is 0 Å². The van der Waals surface area contributed by atoms with E-state index < -0.39 is 0 Å². The van der Waals surface area contributed by atoms with Crippen LogP contribution in [0.1, 0.15) is 19.4 Å². The van der Waals surface area contributed by atoms with Crippen molar-refractivity contribution in [2.45, 2.75) is 20.3 Å². The maximum Gasteiger partial charge on any atom is 0.228 e. The number of amides is 1. The Morgan fingerprint density at radius 3 is 2.60 bits per heavy atom. The summed E-state index contributed by atoms with van der Waals surface area (Å²) in [6, 6.07) is 7.76. The number of hydrogen-bond donors (Lipinski definition) is 1. The van der Waals surface area contributed by atoms with E-state index in [0.29, 0.717) is 0 Å². The standard InChI is InChI=1S/C15H21ClN2O.ClH/c1-15(2,11-12-4-3-5-13(16)10-12)14(19)18-8-6-17-7-9-18;/h3-5,10,17H,6-9,11H2,1-2H3;1H. The number of nitrogens with zero attached hydrogens (tertiary/aromatic N) is 1. The van der Waals surface area contributed by atoms with Gasteiger partial charge in [0.15, 0.2) is 0 Å². The second-order valence-electron chi connectivity index (χ2n) is 5.73. The third-order valence-corrected chi connectivity index (χ3v) is 3.75. The summed E-state index contributed by atoms with van der Waals surface area (Å²) in [5.74, 6) is 0.231. The van der Waals surface area contributed by atoms with Gasteiger partial charge in [-0.05, 0) is 24.1 Å². The van der Waals surface area contributed by atoms with Crippen LogP contribution in [0.3, 0.4) is 0 Å². The van der Waals surface area contributed by atoms with Crippen LogP contribution in [0.25, 0.3) is 0 Å². The molecule has 0 bridgehead atoms. The minimum Gasteiger partial charge on any atom is -0.340 e. The smallest absolute Gasteiger partial charge is 0.228 e. The van der Waals surface area contributed by atoms with Crippen LogP contribution in [-0.4, -0.2) is 37.0 Å². The Labute approximate surface area is 132 Å². The Morgan fingerprint density at radius 2 is 2.00 bits per heavy atom. The van der Waals surface area contributed by atoms with Crippen molar-refractivity contribution in [2.24, 2.45) is 5.41 Å². The molecule has 20 heavy (non-hydrogen) atoms. The van der Waals surface area contributed by atoms with Gasteiger partial charge in [0, 0.05) is 36.6 Å². The first-order chi connectivity index (χ1) is 8.99. The Balaban J connectivity index is 0.00000200. The molecule has 1 aromatic rings. The van der Waals surface area contributed by atoms with E-state index in [2.05, 4.69) is 5.32 Å². The summed E-state index contributed by atoms with van der Waals surface area (Å²) in [5.41, 5.74) is 0.725. The molecule has 0 spiro atoms. The zero-order chi connectivity index (χ0) is 13.9. The van der Waals surface area contributed by atoms with E-state index in [4.69, 9.17) is 11.6 Å². The third kappa shape index (κ3) is 4.37. The first-order valence-corrected chi connectivity index (χ1v) is 7.11. The van der Waals surface area contributed by atoms with Crippen molar-refractivity contribution in [1.82, 2.24) is 10.2 Å². The van der Waals surface area contributed by atoms with Crippen LogP contribution in [0.5, 0.6) is 0 Å². The summed E-state index contributed by atoms with van der Waals surface area (Å²) in [4.78, 5) is 14.5. The first-order valence-electron chi connectivity index (χ1n) is 6.73. The van der Waals surface area contributed by atoms with E-state index in [9.17, 15) is 4.79 Å². The number of nitrogens with one attached hydrogen (secondary N) is 1. The average Bonchev–Trinajstić information content (AvgIpc) is 2.38. The van der Waals surface area contributed by atoms with E-state index in [0.717, 1.165) is 43.2 Å². The Hall–Kier alpha value is -0.770. The Kier molecular flexibility index (Phi) is 6.31. The van der Waals surface area contributed by atoms with E-state index in [-0.39, 0.29) is 23.7 Å². The number of rotatable bonds is 3. The van der Waals surface area contributed by atoms with Crippen molar-refractivity contribution in [3.63, 3.8) is 0 Å². The van der Waals surface area contributed by atoms with Gasteiger partial charge in [-0.1, -0.05) is 37.6 Å². The quantitative estimate of drug-likeness (QED) is 0.930. The maximum absolute atomic E-state index is 12.6. The summed E-state index contributed by atoms with van der Waals surface area (Å²) >= 11 is 6.00. The molecule has 1 aromatic carbocycles. The molecule has 0 radical (unpaired) electrons. The monoisotopic (exact) mass is 316 g/mol. The van der Waals surface area contributed by atoms with Crippen molar-refractivity contribution in [1.29, 1.82) is 0 Å². The van der Waals surface area contributed by atoms with Gasteiger partial charge in [-0.15, -0.1) is 12.4 Å². The van der Waals surface area contributed by atoms with Gasteiger partial charge in [0.25, 0.3) is 0 Å². The van der Waals surface area contributed by atoms with E-state index in [1.807, 2.05) is 43.0 Å². The fourth-order valence-corrected chi connectivity index (χ4v) is 2.74. The molecule has 3 nitrogen and oxygen atoms in total. The van der Waals surface area contributed by atoms with E-state index >= 15 is 0 Å². The largest absolute Gasteiger partial charge is 0.340 e. The van der Waals surface area contributed by atoms with Gasteiger partial charge in [0.2, 0.25) is 5.91 Å². The molecule has 1 N–H and O–H groups in total. The molecule has 1 heterocycles. The first kappa shape index (κ1) is 17.3. The SMILES string of the molecule is CC(C)(Cc1cccc(Cl)c1)C(=O)N1CCNCC1.Cl. The molecule has 1 amide bonds. The predicted octanol–water partition coefficient (Wildman–Crippen LogP) is 2.76. The zero-order valence-corrected chi connectivity index (χ0v) is 13.6. The van der Waals surface area contributed by atoms with Crippen LogP contribution in [0, 0.1) is 5.41 Å². The van der Waals surface area contributed by atoms with Gasteiger partial charge in [-0.3, -0.25) is 4.79 Å². The van der Waals surface area contributed by atoms with Crippen molar-refractivity contribution in [3.05, 3.63) is 34.9 Å². The molecule has 0 atom stereocenters. The third-order valence-electron chi connectivity index (χ3n) is 3.52. The molecule has 0 unspecified atom stereocenters. The molecular weight excluding hydrogens is 295 g/mol. The van der Waals surface area contributed by atoms with Gasteiger partial charge in [-0.25, -0.2) is 0 Å². The molecule has 112 valence electrons. The summed E-state index contributed by atoms with van der Waals surface area (Å²) in [7, 11) is 0. The molecule has 1 aliphatic heterocycles. The zero-order valence-electron chi connectivity index (χ0n) is 12.0. The lowest BCUT2D eigenvalue weighted by molar-refractivity contribution is -0.140. The summed E-state index contributed by atoms with van der Waals surface area (Å²) in [6.45, 7) is 7.41. The topological polar surface area (TPSA) is 32.3 Å². The minimum atomic E-state index is -0.387. The van der Waals surface area contributed by atoms with Crippen molar-refractivity contribution < 1.29 is 4.79 Å². The number of halogens is 2. The van der Waals surface area contributed by atoms with Crippen LogP contribution < -0.4 is 5.32 Å². The normalized spacial score (nSPS) is 15.7. The highest BCUT2D eigenvalue weighted by molar-refractivity contribution is 6.30. The highest BCUT2D eigenvalue weighted by Gasteiger charge is 2.32. The number of hydrogen-bond acceptors (Lipinski definition) is 2. The highest BCUT2D eigenvalue weighted by atomic mass is 35.5. The fourth-order valence-electron chi connectivity index (χ4n) is 2.53. The lowest BCUT2D eigenvalue weighted by atomic mass is 9.84. The number of carbonyl (C=O) groups is 1. The molecule has 0 saturated carbocycles. The second kappa shape index (κ2) is 7.30. The molecule has 1 aliphatic rings. The Bertz CT molecular complexity index is 457. The van der Waals surface area contributed by atoms with Crippen LogP contribution in [-0.2, 0) is 11.2 Å². The fraction of sp³-hybridized carbons (Fsp3) is 0.533. The Morgan fingerprint density at radius 1 is 1.35 bits per heavy atom. The summed E-state index contributed by atoms with van der Waals surface area (Å²) < 4.78 is 0. The molecule has 0 aromatic heterocycles. The van der Waals surface area contributed by atoms with Gasteiger partial charge in [-0.2, -0.15) is 0 Å². The van der Waals surface area contributed by atoms with Gasteiger partial charge in [0.05, 0.1) is 0 Å². The minimum absolute atomic E-state index is 0.